The monoisotopic (exact) mass is 1940 g/mol. The Hall–Kier alpha value is -11.0. The lowest BCUT2D eigenvalue weighted by Gasteiger charge is -2.18. The molecule has 0 amide bonds. The third-order valence-corrected chi connectivity index (χ3v) is 25.6. The number of aromatic nitrogens is 3. The average molecular weight is 1940 g/mol. The van der Waals surface area contributed by atoms with Crippen LogP contribution in [0.2, 0.25) is 0 Å². The predicted molar refractivity (Wildman–Crippen MR) is 584 cm³/mol. The number of ketones is 7. The molecule has 0 spiro atoms. The van der Waals surface area contributed by atoms with Crippen molar-refractivity contribution in [2.75, 3.05) is 27.1 Å². The minimum Gasteiger partial charge on any atom is -0.496 e. The zero-order chi connectivity index (χ0) is 105. The lowest BCUT2D eigenvalue weighted by atomic mass is 9.85. The van der Waals surface area contributed by atoms with Crippen molar-refractivity contribution in [1.82, 2.24) is 14.5 Å². The van der Waals surface area contributed by atoms with Crippen LogP contribution >= 0.6 is 22.7 Å². The van der Waals surface area contributed by atoms with Crippen LogP contribution < -0.4 is 23.7 Å². The summed E-state index contributed by atoms with van der Waals surface area (Å²) in [5, 5.41) is 3.25. The van der Waals surface area contributed by atoms with Crippen LogP contribution in [0.25, 0.3) is 21.7 Å². The van der Waals surface area contributed by atoms with Gasteiger partial charge in [-0.05, 0) is 157 Å². The molecule has 2 aliphatic rings. The van der Waals surface area contributed by atoms with Crippen molar-refractivity contribution in [1.29, 1.82) is 0 Å². The number of methoxy groups -OCH3 is 1. The number of aryl methyl sites for hydroxylation is 5. The summed E-state index contributed by atoms with van der Waals surface area (Å²) in [6, 6.07) is 66.9. The van der Waals surface area contributed by atoms with Crippen molar-refractivity contribution < 1.29 is 57.2 Å². The Morgan fingerprint density at radius 3 is 1.44 bits per heavy atom. The number of carbonyl (C=O) groups is 7. The summed E-state index contributed by atoms with van der Waals surface area (Å²) in [7, 11) is 1.59. The molecule has 15 nitrogen and oxygen atoms in total. The molecule has 13 rings (SSSR count). The zero-order valence-corrected chi connectivity index (χ0v) is 93.0. The number of hydrogen-bond donors (Lipinski definition) is 0. The molecule has 0 bridgehead atoms. The highest BCUT2D eigenvalue weighted by molar-refractivity contribution is 7.15. The Balaban J connectivity index is 0.000000279. The van der Waals surface area contributed by atoms with Gasteiger partial charge in [-0.1, -0.05) is 358 Å². The summed E-state index contributed by atoms with van der Waals surface area (Å²) < 4.78 is 29.1. The SMILES string of the molecule is CC(C)(C)C(=O)CCCc1ccccc1.CC(C)(C)C(=O)Cc1ccc(-c2ccccc2)s1.CC(C)(C)C(=O)Cc1ccc2c(c1)OCO2.CC(C)(C)Cc1nccn1Cc1ccccc1.CC(C)(C)c1nc(-c2ccc3c(c2)OCCO3)cs1.CCC(C)CC(=O)C(C)(C)C.COc1cc(C)ccc1C(=O)C(C)(C)C.Cc1ccc(CC(=O)C(C)(C)C)cc1.Cc1cccc(C)c1CC(=O)C(C)(C)C. The zero-order valence-electron chi connectivity index (χ0n) is 91.3. The quantitative estimate of drug-likeness (QED) is 0.0581. The topological polar surface area (TPSA) is 196 Å². The number of hydrogen-bond acceptors (Lipinski definition) is 16. The molecule has 0 saturated heterocycles. The number of imidazole rings is 1. The Kier molecular flexibility index (Phi) is 46.3. The molecule has 140 heavy (non-hydrogen) atoms. The van der Waals surface area contributed by atoms with Gasteiger partial charge in [0, 0.05) is 128 Å². The number of benzene rings is 8. The van der Waals surface area contributed by atoms with Crippen LogP contribution in [0.3, 0.4) is 0 Å². The highest BCUT2D eigenvalue weighted by Gasteiger charge is 2.30. The van der Waals surface area contributed by atoms with E-state index < -0.39 is 0 Å². The molecular formula is C123H167N3O12S2. The molecule has 1 unspecified atom stereocenters. The number of fused-ring (bicyclic) bond motifs is 2. The Morgan fingerprint density at radius 1 is 0.443 bits per heavy atom. The van der Waals surface area contributed by atoms with Crippen LogP contribution in [-0.4, -0.2) is 82.1 Å². The molecule has 0 N–H and O–H groups in total. The van der Waals surface area contributed by atoms with Crippen LogP contribution in [0.5, 0.6) is 28.7 Å². The van der Waals surface area contributed by atoms with Gasteiger partial charge in [-0.3, -0.25) is 33.6 Å². The van der Waals surface area contributed by atoms with Gasteiger partial charge in [0.2, 0.25) is 6.79 Å². The first kappa shape index (κ1) is 119. The Bertz CT molecular complexity index is 5690. The summed E-state index contributed by atoms with van der Waals surface area (Å²) in [6.07, 6.45) is 11.5. The molecule has 1 atom stereocenters. The van der Waals surface area contributed by atoms with Crippen molar-refractivity contribution in [3.63, 3.8) is 0 Å². The minimum atomic E-state index is -0.372. The largest absolute Gasteiger partial charge is 0.496 e. The molecule has 5 heterocycles. The van der Waals surface area contributed by atoms with Crippen molar-refractivity contribution in [2.45, 2.75) is 305 Å². The average Bonchev–Trinajstić information content (AvgIpc) is 1.71. The molecule has 2 aliphatic heterocycles. The normalized spacial score (nSPS) is 12.4. The van der Waals surface area contributed by atoms with Crippen LogP contribution in [0.4, 0.5) is 0 Å². The molecule has 0 aliphatic carbocycles. The third-order valence-electron chi connectivity index (χ3n) is 23.2. The maximum atomic E-state index is 12.1. The van der Waals surface area contributed by atoms with E-state index in [0.29, 0.717) is 91.5 Å². The standard InChI is InChI=1S/C16H18OS.C15H20N2.C15H17NO2S.2C14H20O.C13H16O3.C13H18O2.C13H18O.C10H20O/c1-16(2,3)15(17)11-13-9-10-14(18-13)12-7-5-4-6-8-12;1-15(2,3)11-14-16-9-10-17(14)12-13-7-5-4-6-8-13;1-15(2,3)14-16-11(9-19-14)10-4-5-12-13(8-10)18-7-6-17-12;1-10-7-6-8-11(2)12(10)9-13(15)14(3,4)5;1-14(2,3)13(15)11-7-10-12-8-5-4-6-9-12;1-13(2,3)12(14)7-9-4-5-10-11(6-9)16-8-15-10;1-9-6-7-10(11(8-9)15-5)12(14)13(2,3)4;1-10-5-7-11(8-6-10)9-12(14)13(2,3)4;1-6-8(2)7-9(11)10(3,4)5/h4-10H,11H2,1-3H3;4-10H,11-12H2,1-3H3;4-5,8-9H,6-7H2,1-3H3;6-8H,9H2,1-5H3;4-6,8-9H,7,10-11H2,1-3H3;4-6H,7-8H2,1-3H3;6-8H,1-5H3;5-8H,9H2,1-4H3;8H,6-7H2,1-5H3. The van der Waals surface area contributed by atoms with E-state index in [-0.39, 0.29) is 67.1 Å². The van der Waals surface area contributed by atoms with Gasteiger partial charge in [0.1, 0.15) is 59.5 Å². The highest BCUT2D eigenvalue weighted by Crippen LogP contribution is 2.39. The first-order chi connectivity index (χ1) is 65.0. The number of ether oxygens (including phenoxy) is 5. The Labute approximate surface area is 850 Å². The number of nitrogens with zero attached hydrogens (tertiary/aromatic N) is 3. The van der Waals surface area contributed by atoms with Gasteiger partial charge < -0.3 is 28.3 Å². The van der Waals surface area contributed by atoms with E-state index in [1.165, 1.54) is 49.6 Å². The van der Waals surface area contributed by atoms with Crippen molar-refractivity contribution in [3.05, 3.63) is 289 Å². The summed E-state index contributed by atoms with van der Waals surface area (Å²) in [5.74, 6) is 7.47. The fourth-order valence-corrected chi connectivity index (χ4v) is 15.3. The van der Waals surface area contributed by atoms with E-state index in [1.807, 2.05) is 286 Å². The smallest absolute Gasteiger partial charge is 0.231 e. The maximum Gasteiger partial charge on any atom is 0.231 e. The number of Topliss-reactive ketones (excluding diaryl/α,β-unsaturated/α-hetero) is 7. The lowest BCUT2D eigenvalue weighted by molar-refractivity contribution is -0.127. The second-order valence-corrected chi connectivity index (χ2v) is 48.1. The maximum absolute atomic E-state index is 12.1. The molecule has 0 saturated carbocycles. The van der Waals surface area contributed by atoms with Gasteiger partial charge in [0.05, 0.1) is 23.4 Å². The van der Waals surface area contributed by atoms with E-state index in [0.717, 1.165) is 99.5 Å². The molecule has 8 aromatic carbocycles. The van der Waals surface area contributed by atoms with Crippen LogP contribution in [-0.2, 0) is 79.3 Å². The van der Waals surface area contributed by atoms with Crippen molar-refractivity contribution >= 4 is 63.2 Å². The first-order valence-corrected chi connectivity index (χ1v) is 51.1. The second-order valence-electron chi connectivity index (χ2n) is 46.1. The summed E-state index contributed by atoms with van der Waals surface area (Å²) in [5.41, 5.74) is 13.3. The fourth-order valence-electron chi connectivity index (χ4n) is 13.4. The number of carbonyl (C=O) groups excluding carboxylic acids is 7. The van der Waals surface area contributed by atoms with E-state index in [2.05, 4.69) is 170 Å². The Morgan fingerprint density at radius 2 is 0.921 bits per heavy atom. The fraction of sp³-hybridized carbons (Fsp3) is 0.472. The van der Waals surface area contributed by atoms with Crippen LogP contribution in [0, 0.1) is 76.9 Å². The van der Waals surface area contributed by atoms with E-state index in [1.54, 1.807) is 29.8 Å². The van der Waals surface area contributed by atoms with E-state index >= 15 is 0 Å². The molecule has 11 aromatic rings. The molecule has 0 radical (unpaired) electrons. The molecule has 758 valence electrons. The van der Waals surface area contributed by atoms with Gasteiger partial charge in [-0.2, -0.15) is 0 Å². The van der Waals surface area contributed by atoms with Crippen LogP contribution in [0.1, 0.15) is 303 Å². The summed E-state index contributed by atoms with van der Waals surface area (Å²) >= 11 is 3.42. The summed E-state index contributed by atoms with van der Waals surface area (Å²) in [4.78, 5) is 94.2. The number of thiophene rings is 1. The molecule has 17 heteroatoms. The van der Waals surface area contributed by atoms with E-state index in [4.69, 9.17) is 28.7 Å². The van der Waals surface area contributed by atoms with Gasteiger partial charge in [0.25, 0.3) is 0 Å². The van der Waals surface area contributed by atoms with Crippen LogP contribution in [0.15, 0.2) is 218 Å². The van der Waals surface area contributed by atoms with E-state index in [9.17, 15) is 33.6 Å². The van der Waals surface area contributed by atoms with Gasteiger partial charge >= 0.3 is 0 Å². The third kappa shape index (κ3) is 43.2. The number of thiazole rings is 1. The summed E-state index contributed by atoms with van der Waals surface area (Å²) in [6.45, 7) is 69.3. The van der Waals surface area contributed by atoms with Gasteiger partial charge in [-0.25, -0.2) is 9.97 Å². The van der Waals surface area contributed by atoms with Crippen molar-refractivity contribution in [3.8, 4) is 50.4 Å². The molecular weight excluding hydrogens is 1780 g/mol. The van der Waals surface area contributed by atoms with Crippen molar-refractivity contribution in [2.24, 2.45) is 49.2 Å². The lowest BCUT2D eigenvalue weighted by Crippen LogP contribution is -2.22. The highest BCUT2D eigenvalue weighted by atomic mass is 32.1. The van der Waals surface area contributed by atoms with Gasteiger partial charge in [-0.15, -0.1) is 22.7 Å². The second kappa shape index (κ2) is 54.3. The molecule has 3 aromatic heterocycles. The molecule has 0 fully saturated rings. The predicted octanol–water partition coefficient (Wildman–Crippen LogP) is 31.1. The number of rotatable bonds is 22. The minimum absolute atomic E-state index is 0.0940. The first-order valence-electron chi connectivity index (χ1n) is 49.4. The van der Waals surface area contributed by atoms with Gasteiger partial charge in [0.15, 0.2) is 28.8 Å².